The van der Waals surface area contributed by atoms with E-state index >= 15 is 0 Å². The van der Waals surface area contributed by atoms with Crippen molar-refractivity contribution in [1.82, 2.24) is 20.1 Å². The molecule has 33 heavy (non-hydrogen) atoms. The van der Waals surface area contributed by atoms with Crippen molar-refractivity contribution in [2.75, 3.05) is 0 Å². The number of nitrogens with two attached hydrogens (primary N) is 1. The largest absolute Gasteiger partial charge is 0.381 e. The molecule has 2 heterocycles. The first-order valence-corrected chi connectivity index (χ1v) is 10.4. The number of pyridine rings is 1. The molecule has 2 aromatic heterocycles. The molecule has 2 amide bonds. The minimum Gasteiger partial charge on any atom is -0.381 e. The van der Waals surface area contributed by atoms with Crippen LogP contribution < -0.4 is 11.1 Å². The molecule has 0 radical (unpaired) electrons. The highest BCUT2D eigenvalue weighted by Crippen LogP contribution is 2.20. The fourth-order valence-corrected chi connectivity index (χ4v) is 3.53. The maximum atomic E-state index is 13.2. The van der Waals surface area contributed by atoms with Crippen molar-refractivity contribution in [3.05, 3.63) is 103 Å². The topological polar surface area (TPSA) is 123 Å². The van der Waals surface area contributed by atoms with Gasteiger partial charge in [0.05, 0.1) is 17.8 Å². The van der Waals surface area contributed by atoms with Crippen LogP contribution in [0.25, 0.3) is 16.9 Å². The van der Waals surface area contributed by atoms with Crippen LogP contribution in [0.15, 0.2) is 91.4 Å². The molecule has 4 aromatic rings. The van der Waals surface area contributed by atoms with Crippen molar-refractivity contribution in [3.63, 3.8) is 0 Å². The zero-order chi connectivity index (χ0) is 23.2. The second-order valence-corrected chi connectivity index (χ2v) is 7.53. The Morgan fingerprint density at radius 1 is 0.970 bits per heavy atom. The number of rotatable bonds is 8. The molecule has 0 fully saturated rings. The van der Waals surface area contributed by atoms with Crippen LogP contribution in [-0.2, 0) is 11.2 Å². The summed E-state index contributed by atoms with van der Waals surface area (Å²) in [6.07, 6.45) is 3.72. The van der Waals surface area contributed by atoms with Gasteiger partial charge in [-0.15, -0.1) is 0 Å². The number of nitrogens with one attached hydrogen (secondary N) is 1. The summed E-state index contributed by atoms with van der Waals surface area (Å²) in [5.41, 5.74) is 8.26. The van der Waals surface area contributed by atoms with Crippen molar-refractivity contribution >= 4 is 11.8 Å². The third kappa shape index (κ3) is 5.13. The molecule has 8 heteroatoms. The van der Waals surface area contributed by atoms with Crippen LogP contribution >= 0.6 is 0 Å². The molecule has 8 nitrogen and oxygen atoms in total. The van der Waals surface area contributed by atoms with Gasteiger partial charge in [0.25, 0.3) is 5.91 Å². The van der Waals surface area contributed by atoms with Crippen molar-refractivity contribution in [3.8, 4) is 16.9 Å². The van der Waals surface area contributed by atoms with Crippen molar-refractivity contribution in [2.24, 2.45) is 5.73 Å². The highest BCUT2D eigenvalue weighted by atomic mass is 16.3. The highest BCUT2D eigenvalue weighted by Gasteiger charge is 2.27. The first kappa shape index (κ1) is 21.9. The summed E-state index contributed by atoms with van der Waals surface area (Å²) >= 11 is 0. The van der Waals surface area contributed by atoms with Gasteiger partial charge >= 0.3 is 0 Å². The van der Waals surface area contributed by atoms with Gasteiger partial charge in [0.2, 0.25) is 5.91 Å². The number of aliphatic hydroxyl groups is 1. The van der Waals surface area contributed by atoms with Gasteiger partial charge in [-0.25, -0.2) is 9.67 Å². The Labute approximate surface area is 190 Å². The standard InChI is InChI=1S/C25H23N5O3/c26-23(32)22(31)21(14-17-8-3-1-4-9-17)29-25(33)20-12-7-13-27-24(20)30-16-19(15-28-30)18-10-5-2-6-11-18/h1-13,15-16,21-22,31H,14H2,(H2,26,32)(H,29,33). The molecule has 0 spiro atoms. The van der Waals surface area contributed by atoms with E-state index in [1.807, 2.05) is 60.7 Å². The van der Waals surface area contributed by atoms with Crippen LogP contribution in [0, 0.1) is 0 Å². The van der Waals surface area contributed by atoms with Gasteiger partial charge < -0.3 is 16.2 Å². The Morgan fingerprint density at radius 3 is 2.36 bits per heavy atom. The average molecular weight is 441 g/mol. The molecule has 166 valence electrons. The van der Waals surface area contributed by atoms with E-state index in [0.717, 1.165) is 16.7 Å². The Hall–Kier alpha value is -4.30. The molecular formula is C25H23N5O3. The van der Waals surface area contributed by atoms with Gasteiger partial charge in [-0.1, -0.05) is 60.7 Å². The summed E-state index contributed by atoms with van der Waals surface area (Å²) in [6.45, 7) is 0. The molecule has 0 aliphatic heterocycles. The molecule has 2 atom stereocenters. The van der Waals surface area contributed by atoms with Crippen LogP contribution in [-0.4, -0.2) is 43.8 Å². The maximum Gasteiger partial charge on any atom is 0.255 e. The highest BCUT2D eigenvalue weighted by molar-refractivity contribution is 5.97. The Kier molecular flexibility index (Phi) is 6.56. The monoisotopic (exact) mass is 441 g/mol. The summed E-state index contributed by atoms with van der Waals surface area (Å²) in [5.74, 6) is -1.09. The third-order valence-electron chi connectivity index (χ3n) is 5.23. The number of aliphatic hydroxyl groups excluding tert-OH is 1. The molecular weight excluding hydrogens is 418 g/mol. The lowest BCUT2D eigenvalue weighted by atomic mass is 10.0. The van der Waals surface area contributed by atoms with E-state index in [4.69, 9.17) is 5.73 Å². The number of benzene rings is 2. The molecule has 4 rings (SSSR count). The number of primary amides is 1. The van der Waals surface area contributed by atoms with Gasteiger partial charge in [0.1, 0.15) is 0 Å². The van der Waals surface area contributed by atoms with Crippen LogP contribution in [0.1, 0.15) is 15.9 Å². The molecule has 2 aromatic carbocycles. The van der Waals surface area contributed by atoms with Crippen molar-refractivity contribution < 1.29 is 14.7 Å². The van der Waals surface area contributed by atoms with Crippen LogP contribution in [0.2, 0.25) is 0 Å². The lowest BCUT2D eigenvalue weighted by molar-refractivity contribution is -0.127. The van der Waals surface area contributed by atoms with Gasteiger partial charge in [-0.3, -0.25) is 9.59 Å². The first-order valence-electron chi connectivity index (χ1n) is 10.4. The molecule has 2 unspecified atom stereocenters. The fourth-order valence-electron chi connectivity index (χ4n) is 3.53. The number of nitrogens with zero attached hydrogens (tertiary/aromatic N) is 3. The van der Waals surface area contributed by atoms with E-state index < -0.39 is 24.0 Å². The predicted octanol–water partition coefficient (Wildman–Crippen LogP) is 2.12. The number of carbonyl (C=O) groups excluding carboxylic acids is 2. The average Bonchev–Trinajstić information content (AvgIpc) is 3.34. The molecule has 0 aliphatic carbocycles. The number of hydrogen-bond acceptors (Lipinski definition) is 5. The molecule has 4 N–H and O–H groups in total. The lowest BCUT2D eigenvalue weighted by Crippen LogP contribution is -2.50. The number of hydrogen-bond donors (Lipinski definition) is 3. The van der Waals surface area contributed by atoms with Crippen LogP contribution in [0.4, 0.5) is 0 Å². The van der Waals surface area contributed by atoms with E-state index in [1.54, 1.807) is 30.7 Å². The van der Waals surface area contributed by atoms with Crippen LogP contribution in [0.3, 0.4) is 0 Å². The van der Waals surface area contributed by atoms with Crippen molar-refractivity contribution in [2.45, 2.75) is 18.6 Å². The van der Waals surface area contributed by atoms with E-state index in [1.165, 1.54) is 4.68 Å². The maximum absolute atomic E-state index is 13.2. The first-order chi connectivity index (χ1) is 16.0. The normalized spacial score (nSPS) is 12.6. The number of aromatic nitrogens is 3. The minimum atomic E-state index is -1.55. The van der Waals surface area contributed by atoms with Gasteiger partial charge in [-0.05, 0) is 29.7 Å². The molecule has 0 saturated heterocycles. The Bertz CT molecular complexity index is 1240. The SMILES string of the molecule is NC(=O)C(O)C(Cc1ccccc1)NC(=O)c1cccnc1-n1cc(-c2ccccc2)cn1. The summed E-state index contributed by atoms with van der Waals surface area (Å²) in [4.78, 5) is 29.2. The zero-order valence-electron chi connectivity index (χ0n) is 17.7. The Morgan fingerprint density at radius 2 is 1.67 bits per heavy atom. The van der Waals surface area contributed by atoms with Gasteiger partial charge in [0, 0.05) is 18.0 Å². The smallest absolute Gasteiger partial charge is 0.255 e. The minimum absolute atomic E-state index is 0.228. The summed E-state index contributed by atoms with van der Waals surface area (Å²) in [6, 6.07) is 21.3. The van der Waals surface area contributed by atoms with Gasteiger partial charge in [-0.2, -0.15) is 5.10 Å². The summed E-state index contributed by atoms with van der Waals surface area (Å²) < 4.78 is 1.52. The summed E-state index contributed by atoms with van der Waals surface area (Å²) in [5, 5.41) is 17.4. The quantitative estimate of drug-likeness (QED) is 0.387. The number of amides is 2. The second kappa shape index (κ2) is 9.88. The predicted molar refractivity (Wildman–Crippen MR) is 123 cm³/mol. The van der Waals surface area contributed by atoms with E-state index in [9.17, 15) is 14.7 Å². The molecule has 0 bridgehead atoms. The molecule has 0 aliphatic rings. The second-order valence-electron chi connectivity index (χ2n) is 7.53. The van der Waals surface area contributed by atoms with Crippen LogP contribution in [0.5, 0.6) is 0 Å². The zero-order valence-corrected chi connectivity index (χ0v) is 17.7. The fraction of sp³-hybridized carbons (Fsp3) is 0.120. The summed E-state index contributed by atoms with van der Waals surface area (Å²) in [7, 11) is 0. The number of carbonyl (C=O) groups is 2. The molecule has 0 saturated carbocycles. The third-order valence-corrected chi connectivity index (χ3v) is 5.23. The lowest BCUT2D eigenvalue weighted by Gasteiger charge is -2.22. The van der Waals surface area contributed by atoms with Gasteiger partial charge in [0.15, 0.2) is 11.9 Å². The van der Waals surface area contributed by atoms with E-state index in [-0.39, 0.29) is 12.0 Å². The van der Waals surface area contributed by atoms with Crippen molar-refractivity contribution in [1.29, 1.82) is 0 Å². The van der Waals surface area contributed by atoms with E-state index in [0.29, 0.717) is 5.82 Å². The Balaban J connectivity index is 1.61. The van der Waals surface area contributed by atoms with E-state index in [2.05, 4.69) is 15.4 Å².